The van der Waals surface area contributed by atoms with E-state index in [1.54, 1.807) is 0 Å². The minimum atomic E-state index is -3.91. The van der Waals surface area contributed by atoms with Gasteiger partial charge in [-0.2, -0.15) is 4.31 Å². The summed E-state index contributed by atoms with van der Waals surface area (Å²) in [6.45, 7) is 0.541. The van der Waals surface area contributed by atoms with Gasteiger partial charge < -0.3 is 10.5 Å². The minimum Gasteiger partial charge on any atom is -0.497 e. The Bertz CT molecular complexity index is 638. The van der Waals surface area contributed by atoms with Crippen molar-refractivity contribution in [3.05, 3.63) is 28.3 Å². The van der Waals surface area contributed by atoms with Crippen LogP contribution < -0.4 is 10.5 Å². The zero-order valence-electron chi connectivity index (χ0n) is 11.6. The van der Waals surface area contributed by atoms with E-state index in [2.05, 4.69) is 0 Å². The van der Waals surface area contributed by atoms with E-state index in [0.717, 1.165) is 6.07 Å². The van der Waals surface area contributed by atoms with Crippen molar-refractivity contribution in [3.8, 4) is 5.75 Å². The molecule has 0 aromatic heterocycles. The Kier molecular flexibility index (Phi) is 4.45. The van der Waals surface area contributed by atoms with Crippen LogP contribution in [0.3, 0.4) is 0 Å². The van der Waals surface area contributed by atoms with E-state index in [0.29, 0.717) is 12.8 Å². The van der Waals surface area contributed by atoms with Gasteiger partial charge in [-0.15, -0.1) is 0 Å². The lowest BCUT2D eigenvalue weighted by Crippen LogP contribution is -2.42. The van der Waals surface area contributed by atoms with Crippen LogP contribution in [0.25, 0.3) is 0 Å². The number of sulfonamides is 1. The summed E-state index contributed by atoms with van der Waals surface area (Å²) in [6.07, 6.45) is 1.09. The van der Waals surface area contributed by atoms with E-state index in [1.807, 2.05) is 0 Å². The first kappa shape index (κ1) is 15.7. The molecule has 1 aliphatic rings. The molecule has 0 unspecified atom stereocenters. The summed E-state index contributed by atoms with van der Waals surface area (Å²) in [5, 5.41) is 11.1. The Morgan fingerprint density at radius 1 is 1.38 bits per heavy atom. The largest absolute Gasteiger partial charge is 0.497 e. The number of benzene rings is 1. The second kappa shape index (κ2) is 5.96. The van der Waals surface area contributed by atoms with E-state index >= 15 is 0 Å². The summed E-state index contributed by atoms with van der Waals surface area (Å²) in [5.74, 6) is 0.237. The number of hydrogen-bond acceptors (Lipinski definition) is 6. The van der Waals surface area contributed by atoms with Gasteiger partial charge in [-0.1, -0.05) is 0 Å². The van der Waals surface area contributed by atoms with Gasteiger partial charge in [-0.3, -0.25) is 10.1 Å². The number of rotatable bonds is 4. The molecule has 21 heavy (non-hydrogen) atoms. The highest BCUT2D eigenvalue weighted by atomic mass is 32.2. The lowest BCUT2D eigenvalue weighted by Gasteiger charge is -2.29. The van der Waals surface area contributed by atoms with Crippen LogP contribution in [0.5, 0.6) is 5.75 Å². The topological polar surface area (TPSA) is 116 Å². The smallest absolute Gasteiger partial charge is 0.293 e. The van der Waals surface area contributed by atoms with Crippen molar-refractivity contribution in [2.75, 3.05) is 20.2 Å². The molecule has 0 atom stereocenters. The van der Waals surface area contributed by atoms with Crippen LogP contribution in [0, 0.1) is 10.1 Å². The molecule has 116 valence electrons. The highest BCUT2D eigenvalue weighted by molar-refractivity contribution is 7.89. The number of nitro groups is 1. The molecule has 0 radical (unpaired) electrons. The molecule has 1 heterocycles. The molecule has 0 spiro atoms. The molecule has 1 fully saturated rings. The maximum absolute atomic E-state index is 12.6. The lowest BCUT2D eigenvalue weighted by molar-refractivity contribution is -0.387. The fraction of sp³-hybridized carbons (Fsp3) is 0.500. The molecular formula is C12H17N3O5S. The number of methoxy groups -OCH3 is 1. The number of nitrogens with two attached hydrogens (primary N) is 1. The Hall–Kier alpha value is -1.71. The predicted molar refractivity (Wildman–Crippen MR) is 75.6 cm³/mol. The van der Waals surface area contributed by atoms with Gasteiger partial charge in [0.2, 0.25) is 10.0 Å². The maximum atomic E-state index is 12.6. The highest BCUT2D eigenvalue weighted by Gasteiger charge is 2.33. The van der Waals surface area contributed by atoms with E-state index in [-0.39, 0.29) is 29.8 Å². The zero-order chi connectivity index (χ0) is 15.6. The minimum absolute atomic E-state index is 0.0256. The Balaban J connectivity index is 2.42. The molecule has 1 saturated heterocycles. The van der Waals surface area contributed by atoms with Crippen molar-refractivity contribution < 1.29 is 18.1 Å². The van der Waals surface area contributed by atoms with E-state index in [9.17, 15) is 18.5 Å². The lowest BCUT2D eigenvalue weighted by atomic mass is 10.1. The molecule has 2 rings (SSSR count). The third-order valence-corrected chi connectivity index (χ3v) is 5.43. The molecule has 0 saturated carbocycles. The van der Waals surface area contributed by atoms with Crippen LogP contribution in [0.4, 0.5) is 5.69 Å². The normalized spacial score (nSPS) is 17.6. The van der Waals surface area contributed by atoms with Gasteiger partial charge >= 0.3 is 0 Å². The summed E-state index contributed by atoms with van der Waals surface area (Å²) in [5.41, 5.74) is 5.27. The molecule has 2 N–H and O–H groups in total. The van der Waals surface area contributed by atoms with Crippen molar-refractivity contribution >= 4 is 15.7 Å². The van der Waals surface area contributed by atoms with Crippen LogP contribution in [0.15, 0.2) is 23.1 Å². The molecule has 1 aliphatic heterocycles. The van der Waals surface area contributed by atoms with Gasteiger partial charge in [-0.05, 0) is 25.0 Å². The summed E-state index contributed by atoms with van der Waals surface area (Å²) in [4.78, 5) is 10.1. The molecular weight excluding hydrogens is 298 g/mol. The van der Waals surface area contributed by atoms with Crippen molar-refractivity contribution in [2.45, 2.75) is 23.8 Å². The van der Waals surface area contributed by atoms with Crippen molar-refractivity contribution in [1.82, 2.24) is 4.31 Å². The van der Waals surface area contributed by atoms with E-state index < -0.39 is 20.6 Å². The highest BCUT2D eigenvalue weighted by Crippen LogP contribution is 2.31. The average molecular weight is 315 g/mol. The monoisotopic (exact) mass is 315 g/mol. The zero-order valence-corrected chi connectivity index (χ0v) is 12.4. The number of piperidine rings is 1. The molecule has 1 aromatic carbocycles. The number of nitro benzene ring substituents is 1. The predicted octanol–water partition coefficient (Wildman–Crippen LogP) is 0.715. The molecule has 1 aromatic rings. The number of ether oxygens (including phenoxy) is 1. The fourth-order valence-corrected chi connectivity index (χ4v) is 3.85. The first-order chi connectivity index (χ1) is 9.86. The molecule has 8 nitrogen and oxygen atoms in total. The maximum Gasteiger partial charge on any atom is 0.293 e. The molecule has 0 amide bonds. The van der Waals surface area contributed by atoms with Crippen molar-refractivity contribution in [3.63, 3.8) is 0 Å². The number of nitrogens with zero attached hydrogens (tertiary/aromatic N) is 2. The van der Waals surface area contributed by atoms with E-state index in [4.69, 9.17) is 10.5 Å². The SMILES string of the molecule is COc1ccc(S(=O)(=O)N2CCC(N)CC2)c([N+](=O)[O-])c1. The third-order valence-electron chi connectivity index (χ3n) is 3.48. The summed E-state index contributed by atoms with van der Waals surface area (Å²) in [7, 11) is -2.55. The fourth-order valence-electron chi connectivity index (χ4n) is 2.24. The standard InChI is InChI=1S/C12H17N3O5S/c1-20-10-2-3-12(11(8-10)15(16)17)21(18,19)14-6-4-9(13)5-7-14/h2-3,8-9H,4-7,13H2,1H3. The quantitative estimate of drug-likeness (QED) is 0.646. The third kappa shape index (κ3) is 3.14. The van der Waals surface area contributed by atoms with Gasteiger partial charge in [0.05, 0.1) is 18.1 Å². The van der Waals surface area contributed by atoms with Crippen LogP contribution in [-0.4, -0.2) is 43.9 Å². The van der Waals surface area contributed by atoms with Crippen LogP contribution in [0.2, 0.25) is 0 Å². The summed E-state index contributed by atoms with van der Waals surface area (Å²) >= 11 is 0. The van der Waals surface area contributed by atoms with Gasteiger partial charge in [0.1, 0.15) is 5.75 Å². The van der Waals surface area contributed by atoms with Gasteiger partial charge in [0, 0.05) is 19.1 Å². The van der Waals surface area contributed by atoms with Crippen molar-refractivity contribution in [2.24, 2.45) is 5.73 Å². The van der Waals surface area contributed by atoms with Crippen molar-refractivity contribution in [1.29, 1.82) is 0 Å². The summed E-state index contributed by atoms with van der Waals surface area (Å²) < 4.78 is 31.3. The first-order valence-electron chi connectivity index (χ1n) is 6.44. The molecule has 0 aliphatic carbocycles. The van der Waals surface area contributed by atoms with Crippen LogP contribution in [0.1, 0.15) is 12.8 Å². The summed E-state index contributed by atoms with van der Waals surface area (Å²) in [6, 6.07) is 3.70. The van der Waals surface area contributed by atoms with E-state index in [1.165, 1.54) is 23.5 Å². The average Bonchev–Trinajstić information content (AvgIpc) is 2.47. The Labute approximate surface area is 122 Å². The first-order valence-corrected chi connectivity index (χ1v) is 7.88. The van der Waals surface area contributed by atoms with Gasteiger partial charge in [0.25, 0.3) is 5.69 Å². The van der Waals surface area contributed by atoms with Crippen LogP contribution >= 0.6 is 0 Å². The van der Waals surface area contributed by atoms with Gasteiger partial charge in [0.15, 0.2) is 4.90 Å². The number of hydrogen-bond donors (Lipinski definition) is 1. The molecule has 0 bridgehead atoms. The van der Waals surface area contributed by atoms with Crippen LogP contribution in [-0.2, 0) is 10.0 Å². The Morgan fingerprint density at radius 2 is 2.00 bits per heavy atom. The second-order valence-corrected chi connectivity index (χ2v) is 6.74. The Morgan fingerprint density at radius 3 is 2.52 bits per heavy atom. The molecule has 9 heteroatoms. The van der Waals surface area contributed by atoms with Gasteiger partial charge in [-0.25, -0.2) is 8.42 Å². The second-order valence-electron chi connectivity index (χ2n) is 4.83.